The summed E-state index contributed by atoms with van der Waals surface area (Å²) in [4.78, 5) is 2.64. The van der Waals surface area contributed by atoms with E-state index in [1.807, 2.05) is 0 Å². The summed E-state index contributed by atoms with van der Waals surface area (Å²) in [5, 5.41) is 14.3. The molecule has 0 bridgehead atoms. The molecule has 2 nitrogen and oxygen atoms in total. The summed E-state index contributed by atoms with van der Waals surface area (Å²) in [7, 11) is 0. The maximum absolute atomic E-state index is 9.89. The lowest BCUT2D eigenvalue weighted by Crippen LogP contribution is -2.42. The van der Waals surface area contributed by atoms with E-state index in [1.54, 1.807) is 11.3 Å². The smallest absolute Gasteiger partial charge is 0.0499 e. The average molecular weight is 279 g/mol. The first-order valence-corrected chi connectivity index (χ1v) is 8.62. The number of rotatable bonds is 6. The fourth-order valence-electron chi connectivity index (χ4n) is 3.47. The van der Waals surface area contributed by atoms with Crippen LogP contribution in [-0.2, 0) is 6.54 Å². The molecule has 1 aromatic heterocycles. The highest BCUT2D eigenvalue weighted by atomic mass is 32.1. The van der Waals surface area contributed by atoms with E-state index >= 15 is 0 Å². The Morgan fingerprint density at radius 2 is 2.05 bits per heavy atom. The third-order valence-corrected chi connectivity index (χ3v) is 5.55. The first-order valence-electron chi connectivity index (χ1n) is 7.67. The molecule has 2 fully saturated rings. The zero-order chi connectivity index (χ0) is 13.1. The van der Waals surface area contributed by atoms with E-state index in [0.717, 1.165) is 19.1 Å². The second kappa shape index (κ2) is 5.94. The van der Waals surface area contributed by atoms with Crippen LogP contribution >= 0.6 is 11.3 Å². The maximum atomic E-state index is 9.89. The van der Waals surface area contributed by atoms with Crippen molar-refractivity contribution in [1.82, 2.24) is 4.90 Å². The van der Waals surface area contributed by atoms with Gasteiger partial charge in [0.15, 0.2) is 0 Å². The van der Waals surface area contributed by atoms with Gasteiger partial charge in [-0.05, 0) is 48.1 Å². The van der Waals surface area contributed by atoms with E-state index in [-0.39, 0.29) is 5.41 Å². The van der Waals surface area contributed by atoms with E-state index in [0.29, 0.717) is 6.61 Å². The van der Waals surface area contributed by atoms with Gasteiger partial charge < -0.3 is 5.11 Å². The first kappa shape index (κ1) is 13.6. The van der Waals surface area contributed by atoms with Gasteiger partial charge in [-0.3, -0.25) is 4.90 Å². The lowest BCUT2D eigenvalue weighted by Gasteiger charge is -2.40. The Morgan fingerprint density at radius 3 is 2.63 bits per heavy atom. The van der Waals surface area contributed by atoms with Crippen molar-refractivity contribution in [3.05, 3.63) is 22.4 Å². The summed E-state index contributed by atoms with van der Waals surface area (Å²) in [6.07, 6.45) is 9.11. The molecule has 1 heterocycles. The highest BCUT2D eigenvalue weighted by Crippen LogP contribution is 2.39. The van der Waals surface area contributed by atoms with E-state index in [4.69, 9.17) is 0 Å². The van der Waals surface area contributed by atoms with E-state index < -0.39 is 0 Å². The van der Waals surface area contributed by atoms with Crippen LogP contribution in [0.1, 0.15) is 50.5 Å². The topological polar surface area (TPSA) is 23.5 Å². The Kier molecular flexibility index (Phi) is 4.25. The molecule has 0 unspecified atom stereocenters. The van der Waals surface area contributed by atoms with Crippen LogP contribution in [0, 0.1) is 5.41 Å². The van der Waals surface area contributed by atoms with Crippen molar-refractivity contribution < 1.29 is 5.11 Å². The summed E-state index contributed by atoms with van der Waals surface area (Å²) in [6, 6.07) is 3.03. The summed E-state index contributed by atoms with van der Waals surface area (Å²) in [6.45, 7) is 2.56. The molecule has 0 amide bonds. The zero-order valence-corrected chi connectivity index (χ0v) is 12.5. The fourth-order valence-corrected chi connectivity index (χ4v) is 4.13. The molecule has 1 N–H and O–H groups in total. The molecule has 19 heavy (non-hydrogen) atoms. The van der Waals surface area contributed by atoms with Crippen LogP contribution in [0.4, 0.5) is 0 Å². The monoisotopic (exact) mass is 279 g/mol. The molecule has 0 radical (unpaired) electrons. The molecule has 1 aromatic rings. The van der Waals surface area contributed by atoms with Crippen LogP contribution in [0.3, 0.4) is 0 Å². The van der Waals surface area contributed by atoms with Crippen LogP contribution in [0.2, 0.25) is 0 Å². The summed E-state index contributed by atoms with van der Waals surface area (Å²) in [5.41, 5.74) is 1.64. The van der Waals surface area contributed by atoms with Crippen LogP contribution in [0.15, 0.2) is 16.8 Å². The fraction of sp³-hybridized carbons (Fsp3) is 0.750. The maximum Gasteiger partial charge on any atom is 0.0499 e. The molecule has 2 saturated carbocycles. The molecule has 3 rings (SSSR count). The zero-order valence-electron chi connectivity index (χ0n) is 11.7. The van der Waals surface area contributed by atoms with Gasteiger partial charge in [-0.15, -0.1) is 0 Å². The molecule has 2 aliphatic carbocycles. The Labute approximate surface area is 120 Å². The van der Waals surface area contributed by atoms with Crippen molar-refractivity contribution >= 4 is 11.3 Å². The predicted octanol–water partition coefficient (Wildman–Crippen LogP) is 3.66. The Bertz CT molecular complexity index is 379. The minimum Gasteiger partial charge on any atom is -0.396 e. The van der Waals surface area contributed by atoms with Gasteiger partial charge in [0.2, 0.25) is 0 Å². The molecule has 2 aliphatic rings. The van der Waals surface area contributed by atoms with Crippen molar-refractivity contribution in [2.75, 3.05) is 13.2 Å². The van der Waals surface area contributed by atoms with Gasteiger partial charge >= 0.3 is 0 Å². The minimum absolute atomic E-state index is 0.191. The first-order chi connectivity index (χ1) is 9.31. The van der Waals surface area contributed by atoms with Gasteiger partial charge in [0, 0.05) is 31.2 Å². The molecule has 0 atom stereocenters. The van der Waals surface area contributed by atoms with Crippen molar-refractivity contribution in [1.29, 1.82) is 0 Å². The normalized spacial score (nSPS) is 22.8. The highest BCUT2D eigenvalue weighted by molar-refractivity contribution is 7.07. The molecule has 3 heteroatoms. The van der Waals surface area contributed by atoms with Crippen molar-refractivity contribution in [2.45, 2.75) is 57.5 Å². The minimum atomic E-state index is 0.191. The second-order valence-corrected chi connectivity index (χ2v) is 7.27. The van der Waals surface area contributed by atoms with E-state index in [9.17, 15) is 5.11 Å². The van der Waals surface area contributed by atoms with Gasteiger partial charge in [-0.2, -0.15) is 11.3 Å². The highest BCUT2D eigenvalue weighted by Gasteiger charge is 2.38. The van der Waals surface area contributed by atoms with Gasteiger partial charge in [0.1, 0.15) is 0 Å². The summed E-state index contributed by atoms with van der Waals surface area (Å²) < 4.78 is 0. The lowest BCUT2D eigenvalue weighted by molar-refractivity contribution is 0.0347. The van der Waals surface area contributed by atoms with Gasteiger partial charge in [-0.1, -0.05) is 19.3 Å². The second-order valence-electron chi connectivity index (χ2n) is 6.49. The molecular formula is C16H25NOS. The van der Waals surface area contributed by atoms with Crippen molar-refractivity contribution in [3.8, 4) is 0 Å². The van der Waals surface area contributed by atoms with E-state index in [2.05, 4.69) is 21.7 Å². The number of thiophene rings is 1. The van der Waals surface area contributed by atoms with Gasteiger partial charge in [0.05, 0.1) is 0 Å². The predicted molar refractivity (Wildman–Crippen MR) is 80.4 cm³/mol. The Morgan fingerprint density at radius 1 is 1.26 bits per heavy atom. The third-order valence-electron chi connectivity index (χ3n) is 4.82. The molecule has 0 aliphatic heterocycles. The Balaban J connectivity index is 1.66. The lowest BCUT2D eigenvalue weighted by atomic mass is 9.74. The molecule has 0 saturated heterocycles. The van der Waals surface area contributed by atoms with Gasteiger partial charge in [0.25, 0.3) is 0 Å². The SMILES string of the molecule is OCC1(CN(Cc2ccsc2)C2CC2)CCCCC1. The Hall–Kier alpha value is -0.380. The average Bonchev–Trinajstić information content (AvgIpc) is 3.18. The van der Waals surface area contributed by atoms with Crippen LogP contribution < -0.4 is 0 Å². The number of nitrogens with zero attached hydrogens (tertiary/aromatic N) is 1. The van der Waals surface area contributed by atoms with Crippen molar-refractivity contribution in [3.63, 3.8) is 0 Å². The molecule has 0 spiro atoms. The molecule has 106 valence electrons. The van der Waals surface area contributed by atoms with Crippen LogP contribution in [0.25, 0.3) is 0 Å². The summed E-state index contributed by atoms with van der Waals surface area (Å²) in [5.74, 6) is 0. The largest absolute Gasteiger partial charge is 0.396 e. The number of aliphatic hydroxyl groups is 1. The van der Waals surface area contributed by atoms with Crippen molar-refractivity contribution in [2.24, 2.45) is 5.41 Å². The standard InChI is InChI=1S/C16H25NOS/c18-13-16(7-2-1-3-8-16)12-17(15-4-5-15)10-14-6-9-19-11-14/h6,9,11,15,18H,1-5,7-8,10,12-13H2. The molecular weight excluding hydrogens is 254 g/mol. The van der Waals surface area contributed by atoms with Gasteiger partial charge in [-0.25, -0.2) is 0 Å². The quantitative estimate of drug-likeness (QED) is 0.859. The van der Waals surface area contributed by atoms with Crippen LogP contribution in [-0.4, -0.2) is 29.2 Å². The van der Waals surface area contributed by atoms with E-state index in [1.165, 1.54) is 50.5 Å². The molecule has 0 aromatic carbocycles. The number of aliphatic hydroxyl groups excluding tert-OH is 1. The summed E-state index contributed by atoms with van der Waals surface area (Å²) >= 11 is 1.79. The third kappa shape index (κ3) is 3.39. The number of hydrogen-bond donors (Lipinski definition) is 1. The number of hydrogen-bond acceptors (Lipinski definition) is 3. The van der Waals surface area contributed by atoms with Crippen LogP contribution in [0.5, 0.6) is 0 Å².